The molecule has 0 aliphatic rings. The van der Waals surface area contributed by atoms with Crippen LogP contribution < -0.4 is 4.74 Å². The van der Waals surface area contributed by atoms with Gasteiger partial charge in [0.1, 0.15) is 10.8 Å². The number of hydrogen-bond donors (Lipinski definition) is 0. The first-order chi connectivity index (χ1) is 8.91. The lowest BCUT2D eigenvalue weighted by atomic mass is 10.3. The van der Waals surface area contributed by atoms with Gasteiger partial charge in [-0.2, -0.15) is 0 Å². The van der Waals surface area contributed by atoms with Gasteiger partial charge in [0.05, 0.1) is 11.5 Å². The van der Waals surface area contributed by atoms with Crippen LogP contribution in [0.3, 0.4) is 0 Å². The smallest absolute Gasteiger partial charge is 0.288 e. The molecule has 1 amide bonds. The molecule has 0 saturated carbocycles. The summed E-state index contributed by atoms with van der Waals surface area (Å²) in [7, 11) is 3.39. The van der Waals surface area contributed by atoms with Gasteiger partial charge in [-0.05, 0) is 12.5 Å². The first-order valence-electron chi connectivity index (χ1n) is 5.68. The molecule has 0 N–H and O–H groups in total. The van der Waals surface area contributed by atoms with Gasteiger partial charge in [0.2, 0.25) is 5.91 Å². The molecule has 1 aromatic rings. The maximum absolute atomic E-state index is 11.3. The number of nitro groups is 1. The van der Waals surface area contributed by atoms with E-state index in [2.05, 4.69) is 0 Å². The zero-order valence-electron chi connectivity index (χ0n) is 10.8. The monoisotopic (exact) mass is 286 g/mol. The van der Waals surface area contributed by atoms with Crippen molar-refractivity contribution in [3.63, 3.8) is 0 Å². The molecule has 0 radical (unpaired) electrons. The first-order valence-corrected chi connectivity index (χ1v) is 6.06. The number of carbonyl (C=O) groups excluding carboxylic acids is 1. The van der Waals surface area contributed by atoms with Crippen LogP contribution in [0.15, 0.2) is 18.2 Å². The number of amides is 1. The summed E-state index contributed by atoms with van der Waals surface area (Å²) in [5, 5.41) is 10.6. The van der Waals surface area contributed by atoms with Crippen LogP contribution in [0.2, 0.25) is 5.02 Å². The summed E-state index contributed by atoms with van der Waals surface area (Å²) in [5.41, 5.74) is -0.156. The fourth-order valence-corrected chi connectivity index (χ4v) is 1.60. The SMILES string of the molecule is CN(C)C(=O)CCCOc1ccc([N+](=O)[O-])c(Cl)c1. The van der Waals surface area contributed by atoms with Gasteiger partial charge in [-0.25, -0.2) is 0 Å². The first kappa shape index (κ1) is 15.2. The molecule has 0 aliphatic heterocycles. The van der Waals surface area contributed by atoms with E-state index in [1.807, 2.05) is 0 Å². The van der Waals surface area contributed by atoms with E-state index in [0.717, 1.165) is 0 Å². The van der Waals surface area contributed by atoms with Gasteiger partial charge in [-0.15, -0.1) is 0 Å². The molecule has 6 nitrogen and oxygen atoms in total. The second-order valence-electron chi connectivity index (χ2n) is 4.11. The average molecular weight is 287 g/mol. The normalized spacial score (nSPS) is 10.1. The zero-order valence-corrected chi connectivity index (χ0v) is 11.5. The van der Waals surface area contributed by atoms with E-state index in [4.69, 9.17) is 16.3 Å². The van der Waals surface area contributed by atoms with Crippen molar-refractivity contribution in [2.75, 3.05) is 20.7 Å². The molecule has 0 heterocycles. The molecule has 1 rings (SSSR count). The molecule has 19 heavy (non-hydrogen) atoms. The van der Waals surface area contributed by atoms with Crippen molar-refractivity contribution < 1.29 is 14.5 Å². The number of hydrogen-bond acceptors (Lipinski definition) is 4. The molecule has 0 spiro atoms. The highest BCUT2D eigenvalue weighted by Gasteiger charge is 2.12. The summed E-state index contributed by atoms with van der Waals surface area (Å²) in [6, 6.07) is 4.17. The Bertz CT molecular complexity index is 477. The van der Waals surface area contributed by atoms with Crippen molar-refractivity contribution in [1.82, 2.24) is 4.90 Å². The third kappa shape index (κ3) is 4.75. The molecule has 1 aromatic carbocycles. The Kier molecular flexibility index (Phi) is 5.57. The highest BCUT2D eigenvalue weighted by Crippen LogP contribution is 2.28. The molecule has 0 aromatic heterocycles. The van der Waals surface area contributed by atoms with Crippen LogP contribution in [0.5, 0.6) is 5.75 Å². The second-order valence-corrected chi connectivity index (χ2v) is 4.52. The van der Waals surface area contributed by atoms with Gasteiger partial charge in [0.15, 0.2) is 0 Å². The molecular formula is C12H15ClN2O4. The summed E-state index contributed by atoms with van der Waals surface area (Å²) < 4.78 is 5.37. The largest absolute Gasteiger partial charge is 0.494 e. The third-order valence-corrected chi connectivity index (χ3v) is 2.72. The van der Waals surface area contributed by atoms with Gasteiger partial charge in [-0.1, -0.05) is 11.6 Å². The highest BCUT2D eigenvalue weighted by molar-refractivity contribution is 6.32. The maximum Gasteiger partial charge on any atom is 0.288 e. The number of nitro benzene ring substituents is 1. The molecule has 0 bridgehead atoms. The minimum Gasteiger partial charge on any atom is -0.494 e. The lowest BCUT2D eigenvalue weighted by Gasteiger charge is -2.10. The van der Waals surface area contributed by atoms with Gasteiger partial charge in [0, 0.05) is 32.6 Å². The molecule has 0 aliphatic carbocycles. The maximum atomic E-state index is 11.3. The van der Waals surface area contributed by atoms with E-state index >= 15 is 0 Å². The minimum absolute atomic E-state index is 0.0327. The predicted octanol–water partition coefficient (Wildman–Crippen LogP) is 2.50. The number of carbonyl (C=O) groups is 1. The molecule has 7 heteroatoms. The molecule has 0 saturated heterocycles. The summed E-state index contributed by atoms with van der Waals surface area (Å²) in [5.74, 6) is 0.484. The van der Waals surface area contributed by atoms with Gasteiger partial charge < -0.3 is 9.64 Å². The Morgan fingerprint density at radius 3 is 2.68 bits per heavy atom. The van der Waals surface area contributed by atoms with Crippen molar-refractivity contribution in [1.29, 1.82) is 0 Å². The lowest BCUT2D eigenvalue weighted by molar-refractivity contribution is -0.384. The number of halogens is 1. The Balaban J connectivity index is 2.44. The van der Waals surface area contributed by atoms with E-state index in [-0.39, 0.29) is 16.6 Å². The van der Waals surface area contributed by atoms with E-state index < -0.39 is 4.92 Å². The van der Waals surface area contributed by atoms with E-state index in [9.17, 15) is 14.9 Å². The van der Waals surface area contributed by atoms with Crippen molar-refractivity contribution in [2.45, 2.75) is 12.8 Å². The summed E-state index contributed by atoms with van der Waals surface area (Å²) >= 11 is 5.75. The van der Waals surface area contributed by atoms with E-state index in [1.54, 1.807) is 14.1 Å². The molecule has 0 atom stereocenters. The Labute approximate surface area is 116 Å². The fraction of sp³-hybridized carbons (Fsp3) is 0.417. The Morgan fingerprint density at radius 1 is 1.47 bits per heavy atom. The van der Waals surface area contributed by atoms with Gasteiger partial charge in [-0.3, -0.25) is 14.9 Å². The van der Waals surface area contributed by atoms with Crippen LogP contribution >= 0.6 is 11.6 Å². The van der Waals surface area contributed by atoms with Crippen molar-refractivity contribution in [3.8, 4) is 5.75 Å². The third-order valence-electron chi connectivity index (χ3n) is 2.42. The summed E-state index contributed by atoms with van der Waals surface area (Å²) in [6.45, 7) is 0.355. The van der Waals surface area contributed by atoms with Crippen LogP contribution in [0.25, 0.3) is 0 Å². The Morgan fingerprint density at radius 2 is 2.16 bits per heavy atom. The summed E-state index contributed by atoms with van der Waals surface area (Å²) in [6.07, 6.45) is 0.972. The zero-order chi connectivity index (χ0) is 14.4. The number of nitrogens with zero attached hydrogens (tertiary/aromatic N) is 2. The number of benzene rings is 1. The summed E-state index contributed by atoms with van der Waals surface area (Å²) in [4.78, 5) is 22.8. The quantitative estimate of drug-likeness (QED) is 0.457. The van der Waals surface area contributed by atoms with Crippen molar-refractivity contribution in [2.24, 2.45) is 0 Å². The van der Waals surface area contributed by atoms with E-state index in [1.165, 1.54) is 23.1 Å². The van der Waals surface area contributed by atoms with Gasteiger partial charge >= 0.3 is 0 Å². The van der Waals surface area contributed by atoms with E-state index in [0.29, 0.717) is 25.2 Å². The fourth-order valence-electron chi connectivity index (χ4n) is 1.36. The van der Waals surface area contributed by atoms with Gasteiger partial charge in [0.25, 0.3) is 5.69 Å². The molecule has 104 valence electrons. The van der Waals surface area contributed by atoms with Crippen LogP contribution in [0.4, 0.5) is 5.69 Å². The van der Waals surface area contributed by atoms with Crippen molar-refractivity contribution in [3.05, 3.63) is 33.3 Å². The highest BCUT2D eigenvalue weighted by atomic mass is 35.5. The second kappa shape index (κ2) is 6.94. The topological polar surface area (TPSA) is 72.7 Å². The van der Waals surface area contributed by atoms with Crippen LogP contribution in [0.1, 0.15) is 12.8 Å². The minimum atomic E-state index is -0.554. The van der Waals surface area contributed by atoms with Crippen molar-refractivity contribution >= 4 is 23.2 Å². The van der Waals surface area contributed by atoms with Crippen LogP contribution in [-0.4, -0.2) is 36.4 Å². The molecule has 0 fully saturated rings. The number of ether oxygens (including phenoxy) is 1. The molecular weight excluding hydrogens is 272 g/mol. The van der Waals surface area contributed by atoms with Crippen LogP contribution in [0, 0.1) is 10.1 Å². The molecule has 0 unspecified atom stereocenters. The van der Waals surface area contributed by atoms with Crippen LogP contribution in [-0.2, 0) is 4.79 Å². The Hall–Kier alpha value is -1.82. The standard InChI is InChI=1S/C12H15ClN2O4/c1-14(2)12(16)4-3-7-19-9-5-6-11(15(17)18)10(13)8-9/h5-6,8H,3-4,7H2,1-2H3. The average Bonchev–Trinajstić information content (AvgIpc) is 2.33. The predicted molar refractivity (Wildman–Crippen MR) is 71.5 cm³/mol. The lowest BCUT2D eigenvalue weighted by Crippen LogP contribution is -2.21. The number of rotatable bonds is 6.